The standard InChI is InChI=1S/C9H8O2S2/c10-6-1-2-7-5(3-6)4-8(13-7)9(11)12/h4H,1-3H2,(H,11,12). The molecule has 0 spiro atoms. The van der Waals surface area contributed by atoms with Crippen LogP contribution in [-0.4, -0.2) is 10.9 Å². The lowest BCUT2D eigenvalue weighted by Crippen LogP contribution is -2.10. The zero-order valence-corrected chi connectivity index (χ0v) is 8.58. The van der Waals surface area contributed by atoms with E-state index in [0.29, 0.717) is 17.7 Å². The molecule has 1 aliphatic carbocycles. The minimum absolute atomic E-state index is 0.202. The highest BCUT2D eigenvalue weighted by Gasteiger charge is 2.19. The molecule has 0 unspecified atom stereocenters. The SMILES string of the molecule is O=C1CCc2sc(C(=O)S)cc2C1. The highest BCUT2D eigenvalue weighted by atomic mass is 32.1. The highest BCUT2D eigenvalue weighted by molar-refractivity contribution is 7.97. The van der Waals surface area contributed by atoms with Gasteiger partial charge in [0, 0.05) is 17.7 Å². The number of carbonyl (C=O) groups is 2. The Morgan fingerprint density at radius 1 is 1.46 bits per heavy atom. The zero-order valence-electron chi connectivity index (χ0n) is 6.87. The van der Waals surface area contributed by atoms with Crippen LogP contribution in [0.2, 0.25) is 0 Å². The molecule has 1 aromatic rings. The molecule has 0 fully saturated rings. The van der Waals surface area contributed by atoms with E-state index in [-0.39, 0.29) is 10.9 Å². The number of carbonyl (C=O) groups excluding carboxylic acids is 2. The van der Waals surface area contributed by atoms with Gasteiger partial charge in [-0.2, -0.15) is 0 Å². The van der Waals surface area contributed by atoms with Gasteiger partial charge in [-0.3, -0.25) is 9.59 Å². The molecular weight excluding hydrogens is 204 g/mol. The summed E-state index contributed by atoms with van der Waals surface area (Å²) >= 11 is 5.22. The smallest absolute Gasteiger partial charge is 0.226 e. The Balaban J connectivity index is 2.39. The number of Topliss-reactive ketones (excluding diaryl/α,β-unsaturated/α-hetero) is 1. The van der Waals surface area contributed by atoms with E-state index in [9.17, 15) is 9.59 Å². The maximum absolute atomic E-state index is 11.1. The molecular formula is C9H8O2S2. The fourth-order valence-corrected chi connectivity index (χ4v) is 2.71. The number of fused-ring (bicyclic) bond motifs is 1. The second kappa shape index (κ2) is 3.27. The first-order chi connectivity index (χ1) is 6.16. The monoisotopic (exact) mass is 212 g/mol. The Bertz CT molecular complexity index is 379. The Labute approximate surface area is 85.4 Å². The molecule has 1 heterocycles. The lowest BCUT2D eigenvalue weighted by Gasteiger charge is -2.07. The van der Waals surface area contributed by atoms with Crippen LogP contribution in [0.4, 0.5) is 0 Å². The molecule has 68 valence electrons. The molecule has 0 aliphatic heterocycles. The molecule has 0 aromatic carbocycles. The second-order valence-electron chi connectivity index (χ2n) is 3.08. The van der Waals surface area contributed by atoms with E-state index in [4.69, 9.17) is 0 Å². The van der Waals surface area contributed by atoms with E-state index in [0.717, 1.165) is 12.0 Å². The van der Waals surface area contributed by atoms with Crippen LogP contribution in [0.25, 0.3) is 0 Å². The summed E-state index contributed by atoms with van der Waals surface area (Å²) in [5.74, 6) is 0.267. The van der Waals surface area contributed by atoms with Crippen LogP contribution in [0, 0.1) is 0 Å². The van der Waals surface area contributed by atoms with Crippen LogP contribution in [-0.2, 0) is 17.6 Å². The largest absolute Gasteiger partial charge is 0.299 e. The number of rotatable bonds is 1. The first-order valence-electron chi connectivity index (χ1n) is 4.03. The van der Waals surface area contributed by atoms with Crippen LogP contribution in [0.1, 0.15) is 26.5 Å². The summed E-state index contributed by atoms with van der Waals surface area (Å²) in [7, 11) is 0. The van der Waals surface area contributed by atoms with Gasteiger partial charge in [0.15, 0.2) is 0 Å². The molecule has 0 radical (unpaired) electrons. The first kappa shape index (κ1) is 8.97. The van der Waals surface area contributed by atoms with Gasteiger partial charge in [0.25, 0.3) is 0 Å². The van der Waals surface area contributed by atoms with E-state index in [1.54, 1.807) is 6.07 Å². The Morgan fingerprint density at radius 2 is 2.23 bits per heavy atom. The lowest BCUT2D eigenvalue weighted by atomic mass is 9.98. The predicted molar refractivity (Wildman–Crippen MR) is 54.7 cm³/mol. The molecule has 4 heteroatoms. The van der Waals surface area contributed by atoms with Crippen molar-refractivity contribution in [1.29, 1.82) is 0 Å². The van der Waals surface area contributed by atoms with Crippen molar-refractivity contribution in [2.75, 3.05) is 0 Å². The quantitative estimate of drug-likeness (QED) is 0.721. The van der Waals surface area contributed by atoms with Crippen LogP contribution < -0.4 is 0 Å². The van der Waals surface area contributed by atoms with Crippen molar-refractivity contribution in [2.24, 2.45) is 0 Å². The summed E-state index contributed by atoms with van der Waals surface area (Å²) in [5, 5.41) is -0.202. The maximum atomic E-state index is 11.1. The van der Waals surface area contributed by atoms with Gasteiger partial charge in [-0.25, -0.2) is 0 Å². The normalized spacial score (nSPS) is 15.6. The average molecular weight is 212 g/mol. The van der Waals surface area contributed by atoms with Crippen molar-refractivity contribution in [3.05, 3.63) is 21.4 Å². The number of thiol groups is 1. The van der Waals surface area contributed by atoms with Crippen LogP contribution in [0.3, 0.4) is 0 Å². The maximum Gasteiger partial charge on any atom is 0.226 e. The fraction of sp³-hybridized carbons (Fsp3) is 0.333. The molecule has 0 atom stereocenters. The van der Waals surface area contributed by atoms with Gasteiger partial charge >= 0.3 is 0 Å². The lowest BCUT2D eigenvalue weighted by molar-refractivity contribution is -0.118. The summed E-state index contributed by atoms with van der Waals surface area (Å²) in [6.07, 6.45) is 1.90. The molecule has 0 bridgehead atoms. The van der Waals surface area contributed by atoms with Crippen molar-refractivity contribution >= 4 is 34.9 Å². The van der Waals surface area contributed by atoms with Gasteiger partial charge < -0.3 is 0 Å². The van der Waals surface area contributed by atoms with E-state index in [2.05, 4.69) is 12.6 Å². The average Bonchev–Trinajstić information content (AvgIpc) is 2.46. The fourth-order valence-electron chi connectivity index (χ4n) is 1.49. The summed E-state index contributed by atoms with van der Waals surface area (Å²) in [6.45, 7) is 0. The van der Waals surface area contributed by atoms with Crippen LogP contribution >= 0.6 is 24.0 Å². The summed E-state index contributed by atoms with van der Waals surface area (Å²) in [5.41, 5.74) is 1.03. The third kappa shape index (κ3) is 1.69. The molecule has 1 aliphatic rings. The predicted octanol–water partition coefficient (Wildman–Crippen LogP) is 1.88. The third-order valence-electron chi connectivity index (χ3n) is 2.13. The molecule has 0 amide bonds. The van der Waals surface area contributed by atoms with Crippen LogP contribution in [0.5, 0.6) is 0 Å². The van der Waals surface area contributed by atoms with Gasteiger partial charge in [-0.1, -0.05) is 12.6 Å². The Kier molecular flexibility index (Phi) is 2.26. The molecule has 0 saturated carbocycles. The molecule has 0 N–H and O–H groups in total. The van der Waals surface area contributed by atoms with Crippen molar-refractivity contribution in [1.82, 2.24) is 0 Å². The number of thiophene rings is 1. The van der Waals surface area contributed by atoms with Gasteiger partial charge in [0.05, 0.1) is 4.88 Å². The third-order valence-corrected chi connectivity index (χ3v) is 3.75. The van der Waals surface area contributed by atoms with Gasteiger partial charge in [-0.05, 0) is 18.1 Å². The van der Waals surface area contributed by atoms with Gasteiger partial charge in [0.2, 0.25) is 5.12 Å². The second-order valence-corrected chi connectivity index (χ2v) is 4.62. The minimum atomic E-state index is -0.202. The van der Waals surface area contributed by atoms with E-state index < -0.39 is 0 Å². The number of ketones is 1. The first-order valence-corrected chi connectivity index (χ1v) is 5.30. The van der Waals surface area contributed by atoms with Crippen molar-refractivity contribution in [2.45, 2.75) is 19.3 Å². The minimum Gasteiger partial charge on any atom is -0.299 e. The molecule has 1 aromatic heterocycles. The van der Waals surface area contributed by atoms with Crippen molar-refractivity contribution in [3.8, 4) is 0 Å². The highest BCUT2D eigenvalue weighted by Crippen LogP contribution is 2.29. The molecule has 2 rings (SSSR count). The van der Waals surface area contributed by atoms with Crippen molar-refractivity contribution in [3.63, 3.8) is 0 Å². The van der Waals surface area contributed by atoms with Gasteiger partial charge in [-0.15, -0.1) is 11.3 Å². The molecule has 0 saturated heterocycles. The summed E-state index contributed by atoms with van der Waals surface area (Å²) in [4.78, 5) is 23.9. The van der Waals surface area contributed by atoms with Gasteiger partial charge in [0.1, 0.15) is 5.78 Å². The van der Waals surface area contributed by atoms with E-state index >= 15 is 0 Å². The summed E-state index contributed by atoms with van der Waals surface area (Å²) in [6, 6.07) is 1.80. The zero-order chi connectivity index (χ0) is 9.42. The molecule has 13 heavy (non-hydrogen) atoms. The summed E-state index contributed by atoms with van der Waals surface area (Å²) < 4.78 is 0. The van der Waals surface area contributed by atoms with E-state index in [1.807, 2.05) is 0 Å². The van der Waals surface area contributed by atoms with Crippen molar-refractivity contribution < 1.29 is 9.59 Å². The van der Waals surface area contributed by atoms with Crippen LogP contribution in [0.15, 0.2) is 6.07 Å². The molecule has 2 nitrogen and oxygen atoms in total. The van der Waals surface area contributed by atoms with E-state index in [1.165, 1.54) is 16.2 Å². The topological polar surface area (TPSA) is 34.1 Å². The Hall–Kier alpha value is -0.610. The Morgan fingerprint density at radius 3 is 2.92 bits per heavy atom. The number of hydrogen-bond donors (Lipinski definition) is 1. The number of hydrogen-bond acceptors (Lipinski definition) is 3. The number of aryl methyl sites for hydroxylation is 1.